The lowest BCUT2D eigenvalue weighted by Gasteiger charge is -2.48. The molecular weight excluding hydrogens is 784 g/mol. The first-order chi connectivity index (χ1) is 27.4. The van der Waals surface area contributed by atoms with Crippen LogP contribution in [-0.4, -0.2) is 175 Å². The van der Waals surface area contributed by atoms with E-state index in [1.165, 1.54) is 20.8 Å². The van der Waals surface area contributed by atoms with Crippen molar-refractivity contribution in [3.8, 4) is 0 Å². The number of Topliss-reactive ketones (excluding diaryl/α,β-unsaturated/α-hetero) is 3. The number of hydrogen-bond donors (Lipinski definition) is 6. The van der Waals surface area contributed by atoms with Gasteiger partial charge in [-0.1, -0.05) is 39.5 Å². The molecule has 0 rings (SSSR count). The molecule has 0 fully saturated rings. The van der Waals surface area contributed by atoms with E-state index >= 15 is 0 Å². The van der Waals surface area contributed by atoms with Crippen LogP contribution in [0.15, 0.2) is 74.4 Å². The Balaban J connectivity index is 8.05. The van der Waals surface area contributed by atoms with Gasteiger partial charge < -0.3 is 63.8 Å². The molecule has 59 heavy (non-hydrogen) atoms. The van der Waals surface area contributed by atoms with E-state index in [1.54, 1.807) is 0 Å². The second-order valence-electron chi connectivity index (χ2n) is 13.4. The molecule has 0 aliphatic carbocycles. The van der Waals surface area contributed by atoms with Gasteiger partial charge in [-0.25, -0.2) is 0 Å². The van der Waals surface area contributed by atoms with Crippen LogP contribution in [0.3, 0.4) is 0 Å². The molecule has 0 saturated heterocycles. The molecule has 0 heterocycles. The predicted octanol–water partition coefficient (Wildman–Crippen LogP) is -1.19. The van der Waals surface area contributed by atoms with Crippen molar-refractivity contribution in [2.75, 3.05) is 61.0 Å². The summed E-state index contributed by atoms with van der Waals surface area (Å²) >= 11 is 0. The molecule has 19 nitrogen and oxygen atoms in total. The van der Waals surface area contributed by atoms with Crippen LogP contribution in [0.2, 0.25) is 0 Å². The third-order valence-electron chi connectivity index (χ3n) is 9.29. The first kappa shape index (κ1) is 54.9. The van der Waals surface area contributed by atoms with Crippen LogP contribution in [0.1, 0.15) is 20.8 Å². The molecule has 0 amide bonds. The van der Waals surface area contributed by atoms with Gasteiger partial charge >= 0.3 is 0 Å². The van der Waals surface area contributed by atoms with Crippen LogP contribution in [0, 0.1) is 10.8 Å². The van der Waals surface area contributed by atoms with E-state index in [2.05, 4.69) is 39.5 Å². The summed E-state index contributed by atoms with van der Waals surface area (Å²) in [7, 11) is 3.29. The fraction of sp³-hybridized carbons (Fsp3) is 0.550. The van der Waals surface area contributed by atoms with Gasteiger partial charge in [0.15, 0.2) is 41.0 Å². The highest BCUT2D eigenvalue weighted by molar-refractivity contribution is 6.01. The van der Waals surface area contributed by atoms with Crippen molar-refractivity contribution in [3.05, 3.63) is 74.4 Å². The summed E-state index contributed by atoms with van der Waals surface area (Å²) in [5.74, 6) is -9.75. The highest BCUT2D eigenvalue weighted by atomic mass is 16.8. The smallest absolute Gasteiger partial charge is 0.296 e. The topological polar surface area (TPSA) is 288 Å². The third kappa shape index (κ3) is 13.2. The fourth-order valence-corrected chi connectivity index (χ4v) is 5.39. The minimum Gasteiger partial charge on any atom is -0.395 e. The molecule has 0 spiro atoms. The highest BCUT2D eigenvalue weighted by Crippen LogP contribution is 2.41. The zero-order chi connectivity index (χ0) is 46.1. The Morgan fingerprint density at radius 2 is 0.915 bits per heavy atom. The number of ether oxygens (including phenoxy) is 7. The maximum atomic E-state index is 12.9. The van der Waals surface area contributed by atoms with Gasteiger partial charge in [-0.15, -0.1) is 0 Å². The first-order valence-corrected chi connectivity index (χ1v) is 17.6. The average molecular weight is 843 g/mol. The SMILES string of the molecule is C=CC(=O)C(O)C(COCC(CO)(C(O)OCC(OC)C(=O)C(=C)C)C(O)(OCC(OC)C(=O)C(=C)C)OCC(OC)C(=O)C(=C)C)(C(O)C(=O)C=C)C(O)C(=O)C=C. The molecule has 0 saturated carbocycles. The highest BCUT2D eigenvalue weighted by Gasteiger charge is 2.62. The van der Waals surface area contributed by atoms with Crippen LogP contribution >= 0.6 is 0 Å². The molecule has 0 aliphatic heterocycles. The lowest BCUT2D eigenvalue weighted by Crippen LogP contribution is -2.66. The van der Waals surface area contributed by atoms with Gasteiger partial charge in [0, 0.05) is 21.3 Å². The summed E-state index contributed by atoms with van der Waals surface area (Å²) in [5.41, 5.74) is -6.12. The molecule has 0 aromatic rings. The molecular formula is C40H58O19. The molecule has 0 aromatic heterocycles. The van der Waals surface area contributed by atoms with Gasteiger partial charge in [-0.2, -0.15) is 0 Å². The molecule has 0 aromatic carbocycles. The van der Waals surface area contributed by atoms with Crippen LogP contribution < -0.4 is 0 Å². The van der Waals surface area contributed by atoms with E-state index in [9.17, 15) is 59.4 Å². The Labute approximate surface area is 342 Å². The molecule has 8 atom stereocenters. The number of methoxy groups -OCH3 is 3. The number of aliphatic hydroxyl groups is 6. The molecule has 0 aliphatic rings. The van der Waals surface area contributed by atoms with Gasteiger partial charge in [-0.05, 0) is 55.7 Å². The van der Waals surface area contributed by atoms with Crippen LogP contribution in [0.4, 0.5) is 0 Å². The van der Waals surface area contributed by atoms with Crippen molar-refractivity contribution in [2.24, 2.45) is 10.8 Å². The van der Waals surface area contributed by atoms with E-state index in [0.717, 1.165) is 21.3 Å². The largest absolute Gasteiger partial charge is 0.395 e. The van der Waals surface area contributed by atoms with Crippen molar-refractivity contribution in [1.82, 2.24) is 0 Å². The van der Waals surface area contributed by atoms with Gasteiger partial charge in [0.2, 0.25) is 0 Å². The number of carbonyl (C=O) groups excluding carboxylic acids is 6. The summed E-state index contributed by atoms with van der Waals surface area (Å²) in [4.78, 5) is 77.1. The second-order valence-corrected chi connectivity index (χ2v) is 13.4. The fourth-order valence-electron chi connectivity index (χ4n) is 5.39. The monoisotopic (exact) mass is 842 g/mol. The molecule has 19 heteroatoms. The van der Waals surface area contributed by atoms with Gasteiger partial charge in [0.05, 0.1) is 45.1 Å². The number of carbonyl (C=O) groups is 6. The first-order valence-electron chi connectivity index (χ1n) is 17.6. The van der Waals surface area contributed by atoms with Crippen molar-refractivity contribution >= 4 is 34.7 Å². The Morgan fingerprint density at radius 3 is 1.19 bits per heavy atom. The normalized spacial score (nSPS) is 18.1. The van der Waals surface area contributed by atoms with Crippen molar-refractivity contribution in [1.29, 1.82) is 0 Å². The van der Waals surface area contributed by atoms with Gasteiger partial charge in [0.25, 0.3) is 5.97 Å². The maximum Gasteiger partial charge on any atom is 0.296 e. The van der Waals surface area contributed by atoms with E-state index in [0.29, 0.717) is 18.2 Å². The van der Waals surface area contributed by atoms with E-state index in [4.69, 9.17) is 33.2 Å². The van der Waals surface area contributed by atoms with Gasteiger partial charge in [0.1, 0.15) is 42.0 Å². The lowest BCUT2D eigenvalue weighted by atomic mass is 9.68. The van der Waals surface area contributed by atoms with Crippen LogP contribution in [0.25, 0.3) is 0 Å². The molecule has 6 N–H and O–H groups in total. The van der Waals surface area contributed by atoms with Crippen molar-refractivity contribution in [2.45, 2.75) is 69.7 Å². The van der Waals surface area contributed by atoms with E-state index in [1.807, 2.05) is 0 Å². The van der Waals surface area contributed by atoms with Gasteiger partial charge in [-0.3, -0.25) is 28.8 Å². The Morgan fingerprint density at radius 1 is 0.593 bits per heavy atom. The summed E-state index contributed by atoms with van der Waals surface area (Å²) in [6, 6.07) is 0. The zero-order valence-corrected chi connectivity index (χ0v) is 34.2. The Bertz CT molecular complexity index is 1480. The number of ketones is 6. The van der Waals surface area contributed by atoms with Crippen LogP contribution in [-0.2, 0) is 61.9 Å². The van der Waals surface area contributed by atoms with Crippen LogP contribution in [0.5, 0.6) is 0 Å². The maximum absolute atomic E-state index is 12.9. The zero-order valence-electron chi connectivity index (χ0n) is 34.2. The number of aliphatic hydroxyl groups excluding tert-OH is 5. The van der Waals surface area contributed by atoms with Crippen molar-refractivity contribution < 1.29 is 92.6 Å². The second kappa shape index (κ2) is 24.9. The molecule has 332 valence electrons. The molecule has 0 bridgehead atoms. The van der Waals surface area contributed by atoms with E-state index in [-0.39, 0.29) is 16.7 Å². The minimum absolute atomic E-state index is 0.000309. The van der Waals surface area contributed by atoms with Crippen molar-refractivity contribution in [3.63, 3.8) is 0 Å². The molecule has 0 radical (unpaired) electrons. The number of hydrogen-bond acceptors (Lipinski definition) is 19. The minimum atomic E-state index is -3.52. The quantitative estimate of drug-likeness (QED) is 0.0328. The summed E-state index contributed by atoms with van der Waals surface area (Å²) < 4.78 is 38.2. The number of rotatable bonds is 34. The summed E-state index contributed by atoms with van der Waals surface area (Å²) in [6.45, 7) is 17.3. The summed E-state index contributed by atoms with van der Waals surface area (Å²) in [6.07, 6.45) is -13.5. The Hall–Kier alpha value is -4.06. The lowest BCUT2D eigenvalue weighted by molar-refractivity contribution is -0.455. The summed E-state index contributed by atoms with van der Waals surface area (Å²) in [5, 5.41) is 69.1. The Kier molecular flexibility index (Phi) is 23.2. The average Bonchev–Trinajstić information content (AvgIpc) is 3.22. The van der Waals surface area contributed by atoms with E-state index < -0.39 is 134 Å². The predicted molar refractivity (Wildman–Crippen MR) is 207 cm³/mol. The molecule has 8 unspecified atom stereocenters. The third-order valence-corrected chi connectivity index (χ3v) is 9.29. The standard InChI is InChI=1S/C40H58O19/c1-13-25(42)34(48)39(35(49)26(43)14-2,36(50)27(44)15-3)21-56-20-38(19-41,37(51)57-16-28(53-10)31(45)22(4)5)40(52,58-17-29(54-11)32(46)23(6)7)59-18-30(55-12)33(47)24(8)9/h13-15,28-30,34-37,41,48-52H,1-4,6,8,16-21H2,5,7,9-12H3.